The Balaban J connectivity index is 2.29. The van der Waals surface area contributed by atoms with E-state index in [-0.39, 0.29) is 11.5 Å². The van der Waals surface area contributed by atoms with Crippen LogP contribution in [0.25, 0.3) is 0 Å². The van der Waals surface area contributed by atoms with Crippen LogP contribution in [0.2, 0.25) is 0 Å². The number of rotatable bonds is 3. The summed E-state index contributed by atoms with van der Waals surface area (Å²) in [6.45, 7) is 1.68. The first-order chi connectivity index (χ1) is 9.05. The van der Waals surface area contributed by atoms with E-state index in [0.29, 0.717) is 19.5 Å². The van der Waals surface area contributed by atoms with Crippen molar-refractivity contribution < 1.29 is 13.2 Å². The summed E-state index contributed by atoms with van der Waals surface area (Å²) >= 11 is 0. The molecule has 0 unspecified atom stereocenters. The lowest BCUT2D eigenvalue weighted by molar-refractivity contribution is 0.414. The van der Waals surface area contributed by atoms with Gasteiger partial charge in [-0.1, -0.05) is 6.07 Å². The monoisotopic (exact) mass is 284 g/mol. The predicted molar refractivity (Wildman–Crippen MR) is 76.4 cm³/mol. The van der Waals surface area contributed by atoms with E-state index in [9.17, 15) is 8.42 Å². The van der Waals surface area contributed by atoms with Crippen LogP contribution in [0.3, 0.4) is 0 Å². The van der Waals surface area contributed by atoms with Gasteiger partial charge in [0.2, 0.25) is 0 Å². The van der Waals surface area contributed by atoms with Crippen LogP contribution in [0, 0.1) is 0 Å². The average Bonchev–Trinajstić information content (AvgIpc) is 2.59. The van der Waals surface area contributed by atoms with Crippen molar-refractivity contribution in [2.24, 2.45) is 5.73 Å². The van der Waals surface area contributed by atoms with E-state index in [4.69, 9.17) is 10.5 Å². The molecular weight excluding hydrogens is 264 g/mol. The summed E-state index contributed by atoms with van der Waals surface area (Å²) in [5.41, 5.74) is 7.75. The van der Waals surface area contributed by atoms with Gasteiger partial charge in [-0.05, 0) is 18.1 Å². The van der Waals surface area contributed by atoms with Gasteiger partial charge in [0.25, 0.3) is 0 Å². The molecule has 0 amide bonds. The maximum atomic E-state index is 11.6. The molecule has 0 atom stereocenters. The summed E-state index contributed by atoms with van der Waals surface area (Å²) < 4.78 is 28.5. The highest BCUT2D eigenvalue weighted by Crippen LogP contribution is 2.27. The van der Waals surface area contributed by atoms with E-state index >= 15 is 0 Å². The van der Waals surface area contributed by atoms with Crippen LogP contribution in [0.5, 0.6) is 5.75 Å². The fourth-order valence-electron chi connectivity index (χ4n) is 2.32. The molecule has 1 fully saturated rings. The maximum absolute atomic E-state index is 11.6. The number of methoxy groups -OCH3 is 1. The van der Waals surface area contributed by atoms with Crippen LogP contribution < -0.4 is 15.4 Å². The van der Waals surface area contributed by atoms with Gasteiger partial charge in [0.1, 0.15) is 5.75 Å². The quantitative estimate of drug-likeness (QED) is 0.888. The van der Waals surface area contributed by atoms with E-state index in [2.05, 4.69) is 4.90 Å². The predicted octanol–water partition coefficient (Wildman–Crippen LogP) is 0.779. The second-order valence-corrected chi connectivity index (χ2v) is 6.99. The number of nitrogens with zero attached hydrogens (tertiary/aromatic N) is 1. The fraction of sp³-hybridized carbons (Fsp3) is 0.538. The summed E-state index contributed by atoms with van der Waals surface area (Å²) in [4.78, 5) is 2.09. The van der Waals surface area contributed by atoms with Gasteiger partial charge in [0.05, 0.1) is 18.6 Å². The summed E-state index contributed by atoms with van der Waals surface area (Å²) in [5, 5.41) is 0. The Labute approximate surface area is 114 Å². The van der Waals surface area contributed by atoms with Crippen molar-refractivity contribution in [3.05, 3.63) is 23.8 Å². The molecule has 5 nitrogen and oxygen atoms in total. The van der Waals surface area contributed by atoms with Gasteiger partial charge in [0.15, 0.2) is 9.84 Å². The number of sulfone groups is 1. The molecular formula is C13H20N2O3S. The molecule has 0 aromatic heterocycles. The number of benzene rings is 1. The molecule has 1 aliphatic rings. The molecule has 0 bridgehead atoms. The third-order valence-electron chi connectivity index (χ3n) is 3.41. The molecule has 0 saturated carbocycles. The minimum atomic E-state index is -2.90. The third-order valence-corrected chi connectivity index (χ3v) is 5.12. The minimum Gasteiger partial charge on any atom is -0.497 e. The Morgan fingerprint density at radius 2 is 2.11 bits per heavy atom. The van der Waals surface area contributed by atoms with E-state index in [1.165, 1.54) is 0 Å². The van der Waals surface area contributed by atoms with E-state index < -0.39 is 9.84 Å². The number of anilines is 1. The molecule has 2 N–H and O–H groups in total. The lowest BCUT2D eigenvalue weighted by Gasteiger charge is -2.25. The average molecular weight is 284 g/mol. The normalized spacial score (nSPS) is 18.9. The van der Waals surface area contributed by atoms with Crippen LogP contribution in [0.4, 0.5) is 5.69 Å². The number of hydrogen-bond donors (Lipinski definition) is 1. The SMILES string of the molecule is COc1ccc(CN)c(N2CCCS(=O)(=O)CC2)c1. The smallest absolute Gasteiger partial charge is 0.152 e. The zero-order valence-corrected chi connectivity index (χ0v) is 11.9. The largest absolute Gasteiger partial charge is 0.497 e. The van der Waals surface area contributed by atoms with Crippen molar-refractivity contribution in [3.8, 4) is 5.75 Å². The van der Waals surface area contributed by atoms with Crippen LogP contribution in [0.1, 0.15) is 12.0 Å². The van der Waals surface area contributed by atoms with E-state index in [1.807, 2.05) is 18.2 Å². The third kappa shape index (κ3) is 3.39. The molecule has 1 aromatic carbocycles. The second kappa shape index (κ2) is 5.79. The van der Waals surface area contributed by atoms with Crippen LogP contribution in [0.15, 0.2) is 18.2 Å². The Morgan fingerprint density at radius 1 is 1.32 bits per heavy atom. The zero-order valence-electron chi connectivity index (χ0n) is 11.1. The number of nitrogens with two attached hydrogens (primary N) is 1. The zero-order chi connectivity index (χ0) is 13.9. The van der Waals surface area contributed by atoms with Crippen molar-refractivity contribution in [1.82, 2.24) is 0 Å². The van der Waals surface area contributed by atoms with Crippen molar-refractivity contribution in [2.45, 2.75) is 13.0 Å². The molecule has 106 valence electrons. The fourth-order valence-corrected chi connectivity index (χ4v) is 3.59. The molecule has 1 aromatic rings. The molecule has 0 spiro atoms. The Bertz CT molecular complexity index is 543. The molecule has 19 heavy (non-hydrogen) atoms. The van der Waals surface area contributed by atoms with Gasteiger partial charge in [-0.25, -0.2) is 8.42 Å². The van der Waals surface area contributed by atoms with E-state index in [1.54, 1.807) is 7.11 Å². The molecule has 1 saturated heterocycles. The standard InChI is InChI=1S/C13H20N2O3S/c1-18-12-4-3-11(10-14)13(9-12)15-5-2-7-19(16,17)8-6-15/h3-4,9H,2,5-8,10,14H2,1H3. The molecule has 1 heterocycles. The van der Waals surface area contributed by atoms with Crippen molar-refractivity contribution in [2.75, 3.05) is 36.6 Å². The van der Waals surface area contributed by atoms with Crippen molar-refractivity contribution >= 4 is 15.5 Å². The second-order valence-electron chi connectivity index (χ2n) is 4.69. The molecule has 1 aliphatic heterocycles. The van der Waals surface area contributed by atoms with Crippen LogP contribution in [-0.2, 0) is 16.4 Å². The van der Waals surface area contributed by atoms with E-state index in [0.717, 1.165) is 23.5 Å². The Kier molecular flexibility index (Phi) is 4.31. The summed E-state index contributed by atoms with van der Waals surface area (Å²) in [5.74, 6) is 1.24. The van der Waals surface area contributed by atoms with Crippen molar-refractivity contribution in [3.63, 3.8) is 0 Å². The van der Waals surface area contributed by atoms with Gasteiger partial charge in [-0.3, -0.25) is 0 Å². The van der Waals surface area contributed by atoms with Gasteiger partial charge in [-0.15, -0.1) is 0 Å². The lowest BCUT2D eigenvalue weighted by Crippen LogP contribution is -2.28. The first-order valence-corrected chi connectivity index (χ1v) is 8.20. The number of hydrogen-bond acceptors (Lipinski definition) is 5. The van der Waals surface area contributed by atoms with Gasteiger partial charge in [-0.2, -0.15) is 0 Å². The van der Waals surface area contributed by atoms with Crippen LogP contribution >= 0.6 is 0 Å². The first kappa shape index (κ1) is 14.1. The minimum absolute atomic E-state index is 0.203. The van der Waals surface area contributed by atoms with Gasteiger partial charge < -0.3 is 15.4 Å². The first-order valence-electron chi connectivity index (χ1n) is 6.38. The number of ether oxygens (including phenoxy) is 1. The van der Waals surface area contributed by atoms with Gasteiger partial charge in [0, 0.05) is 31.4 Å². The molecule has 2 rings (SSSR count). The summed E-state index contributed by atoms with van der Waals surface area (Å²) in [6, 6.07) is 5.74. The topological polar surface area (TPSA) is 72.6 Å². The summed E-state index contributed by atoms with van der Waals surface area (Å²) in [7, 11) is -1.28. The highest BCUT2D eigenvalue weighted by atomic mass is 32.2. The molecule has 6 heteroatoms. The summed E-state index contributed by atoms with van der Waals surface area (Å²) in [6.07, 6.45) is 0.656. The van der Waals surface area contributed by atoms with Crippen LogP contribution in [-0.4, -0.2) is 40.1 Å². The molecule has 0 radical (unpaired) electrons. The van der Waals surface area contributed by atoms with Gasteiger partial charge >= 0.3 is 0 Å². The highest BCUT2D eigenvalue weighted by Gasteiger charge is 2.21. The van der Waals surface area contributed by atoms with Crippen molar-refractivity contribution in [1.29, 1.82) is 0 Å². The lowest BCUT2D eigenvalue weighted by atomic mass is 10.1. The molecule has 0 aliphatic carbocycles. The maximum Gasteiger partial charge on any atom is 0.152 e. The highest BCUT2D eigenvalue weighted by molar-refractivity contribution is 7.91. The Hall–Kier alpha value is -1.27. The Morgan fingerprint density at radius 3 is 2.79 bits per heavy atom.